The summed E-state index contributed by atoms with van der Waals surface area (Å²) in [5.41, 5.74) is 6.82. The lowest BCUT2D eigenvalue weighted by molar-refractivity contribution is -0.131. The van der Waals surface area contributed by atoms with Crippen LogP contribution in [0.1, 0.15) is 51.0 Å². The molecule has 0 aliphatic carbocycles. The number of amides is 1. The Morgan fingerprint density at radius 2 is 2.05 bits per heavy atom. The fourth-order valence-corrected chi connectivity index (χ4v) is 2.71. The van der Waals surface area contributed by atoms with Gasteiger partial charge in [-0.05, 0) is 25.2 Å². The van der Waals surface area contributed by atoms with Crippen LogP contribution in [0.2, 0.25) is 0 Å². The van der Waals surface area contributed by atoms with Crippen LogP contribution < -0.4 is 11.1 Å². The maximum atomic E-state index is 12.1. The van der Waals surface area contributed by atoms with E-state index in [0.29, 0.717) is 18.8 Å². The second-order valence-electron chi connectivity index (χ2n) is 5.79. The number of nitrogens with zero attached hydrogens (tertiary/aromatic N) is 3. The standard InChI is InChI=1S/C15H25N5O/c1-11(2)13-14(16)18-10-19-15(13)17-7-6-12(21)20-8-4-3-5-9-20/h10-11H,3-9H2,1-2H3,(H3,16,17,18,19). The molecule has 0 atom stereocenters. The first-order valence-corrected chi connectivity index (χ1v) is 7.71. The van der Waals surface area contributed by atoms with Crippen LogP contribution in [0.4, 0.5) is 11.6 Å². The van der Waals surface area contributed by atoms with Crippen molar-refractivity contribution in [2.75, 3.05) is 30.7 Å². The lowest BCUT2D eigenvalue weighted by atomic mass is 10.0. The van der Waals surface area contributed by atoms with Gasteiger partial charge in [-0.2, -0.15) is 0 Å². The number of hydrogen-bond donors (Lipinski definition) is 2. The first-order valence-electron chi connectivity index (χ1n) is 7.71. The number of carbonyl (C=O) groups excluding carboxylic acids is 1. The van der Waals surface area contributed by atoms with Gasteiger partial charge in [0.2, 0.25) is 5.91 Å². The molecule has 6 nitrogen and oxygen atoms in total. The van der Waals surface area contributed by atoms with Crippen LogP contribution in [0.15, 0.2) is 6.33 Å². The number of nitrogen functional groups attached to an aromatic ring is 1. The molecule has 0 radical (unpaired) electrons. The van der Waals surface area contributed by atoms with Crippen molar-refractivity contribution in [1.82, 2.24) is 14.9 Å². The quantitative estimate of drug-likeness (QED) is 0.866. The lowest BCUT2D eigenvalue weighted by Gasteiger charge is -2.26. The van der Waals surface area contributed by atoms with Gasteiger partial charge >= 0.3 is 0 Å². The fourth-order valence-electron chi connectivity index (χ4n) is 2.71. The first kappa shape index (κ1) is 15.5. The maximum absolute atomic E-state index is 12.1. The molecule has 0 saturated carbocycles. The molecule has 1 aromatic heterocycles. The van der Waals surface area contributed by atoms with Crippen LogP contribution in [0.3, 0.4) is 0 Å². The second-order valence-corrected chi connectivity index (χ2v) is 5.79. The van der Waals surface area contributed by atoms with Gasteiger partial charge in [0.05, 0.1) is 0 Å². The van der Waals surface area contributed by atoms with Gasteiger partial charge in [-0.15, -0.1) is 0 Å². The molecule has 2 rings (SSSR count). The van der Waals surface area contributed by atoms with Crippen LogP contribution in [-0.4, -0.2) is 40.4 Å². The summed E-state index contributed by atoms with van der Waals surface area (Å²) in [6.07, 6.45) is 5.43. The summed E-state index contributed by atoms with van der Waals surface area (Å²) in [5.74, 6) is 1.70. The van der Waals surface area contributed by atoms with Crippen LogP contribution in [0, 0.1) is 0 Å². The van der Waals surface area contributed by atoms with E-state index in [1.807, 2.05) is 4.90 Å². The average Bonchev–Trinajstić information content (AvgIpc) is 2.47. The third-order valence-corrected chi connectivity index (χ3v) is 3.83. The Labute approximate surface area is 126 Å². The summed E-state index contributed by atoms with van der Waals surface area (Å²) in [4.78, 5) is 22.3. The average molecular weight is 291 g/mol. The zero-order chi connectivity index (χ0) is 15.2. The Bertz CT molecular complexity index is 483. The molecule has 3 N–H and O–H groups in total. The number of likely N-dealkylation sites (tertiary alicyclic amines) is 1. The normalized spacial score (nSPS) is 15.3. The molecule has 0 spiro atoms. The van der Waals surface area contributed by atoms with E-state index in [0.717, 1.165) is 37.3 Å². The minimum Gasteiger partial charge on any atom is -0.383 e. The van der Waals surface area contributed by atoms with Crippen molar-refractivity contribution in [2.24, 2.45) is 0 Å². The SMILES string of the molecule is CC(C)c1c(N)ncnc1NCCC(=O)N1CCCCC1. The van der Waals surface area contributed by atoms with Gasteiger partial charge < -0.3 is 16.0 Å². The second kappa shape index (κ2) is 7.24. The van der Waals surface area contributed by atoms with E-state index >= 15 is 0 Å². The number of rotatable bonds is 5. The number of hydrogen-bond acceptors (Lipinski definition) is 5. The van der Waals surface area contributed by atoms with Gasteiger partial charge in [0.25, 0.3) is 0 Å². The molecule has 6 heteroatoms. The Kier molecular flexibility index (Phi) is 5.36. The Hall–Kier alpha value is -1.85. The van der Waals surface area contributed by atoms with Crippen molar-refractivity contribution >= 4 is 17.5 Å². The first-order chi connectivity index (χ1) is 10.1. The van der Waals surface area contributed by atoms with E-state index in [-0.39, 0.29) is 11.8 Å². The summed E-state index contributed by atoms with van der Waals surface area (Å²) >= 11 is 0. The molecule has 0 bridgehead atoms. The topological polar surface area (TPSA) is 84.1 Å². The summed E-state index contributed by atoms with van der Waals surface area (Å²) in [5, 5.41) is 3.23. The summed E-state index contributed by atoms with van der Waals surface area (Å²) in [6, 6.07) is 0. The maximum Gasteiger partial charge on any atom is 0.224 e. The largest absolute Gasteiger partial charge is 0.383 e. The Morgan fingerprint density at radius 1 is 1.33 bits per heavy atom. The smallest absolute Gasteiger partial charge is 0.224 e. The van der Waals surface area contributed by atoms with Gasteiger partial charge in [-0.25, -0.2) is 9.97 Å². The summed E-state index contributed by atoms with van der Waals surface area (Å²) in [6.45, 7) is 6.48. The predicted molar refractivity (Wildman–Crippen MR) is 84.1 cm³/mol. The molecule has 1 amide bonds. The van der Waals surface area contributed by atoms with E-state index in [1.165, 1.54) is 12.7 Å². The van der Waals surface area contributed by atoms with E-state index in [4.69, 9.17) is 5.73 Å². The third kappa shape index (κ3) is 4.06. The highest BCUT2D eigenvalue weighted by atomic mass is 16.2. The zero-order valence-electron chi connectivity index (χ0n) is 12.9. The van der Waals surface area contributed by atoms with Gasteiger partial charge in [0.1, 0.15) is 18.0 Å². The van der Waals surface area contributed by atoms with Crippen molar-refractivity contribution in [2.45, 2.75) is 45.4 Å². The molecule has 1 aromatic rings. The number of carbonyl (C=O) groups is 1. The highest BCUT2D eigenvalue weighted by Crippen LogP contribution is 2.26. The number of anilines is 2. The Balaban J connectivity index is 1.88. The van der Waals surface area contributed by atoms with E-state index in [2.05, 4.69) is 29.1 Å². The van der Waals surface area contributed by atoms with Crippen molar-refractivity contribution in [3.05, 3.63) is 11.9 Å². The van der Waals surface area contributed by atoms with Crippen LogP contribution in [-0.2, 0) is 4.79 Å². The van der Waals surface area contributed by atoms with E-state index in [9.17, 15) is 4.79 Å². The third-order valence-electron chi connectivity index (χ3n) is 3.83. The van der Waals surface area contributed by atoms with Crippen molar-refractivity contribution < 1.29 is 4.79 Å². The molecule has 21 heavy (non-hydrogen) atoms. The molecule has 0 unspecified atom stereocenters. The predicted octanol–water partition coefficient (Wildman–Crippen LogP) is 2.00. The van der Waals surface area contributed by atoms with Crippen molar-refractivity contribution in [3.63, 3.8) is 0 Å². The monoisotopic (exact) mass is 291 g/mol. The number of aromatic nitrogens is 2. The van der Waals surface area contributed by atoms with E-state index < -0.39 is 0 Å². The number of nitrogens with one attached hydrogen (secondary N) is 1. The zero-order valence-corrected chi connectivity index (χ0v) is 12.9. The molecule has 2 heterocycles. The highest BCUT2D eigenvalue weighted by Gasteiger charge is 2.17. The lowest BCUT2D eigenvalue weighted by Crippen LogP contribution is -2.36. The van der Waals surface area contributed by atoms with Gasteiger partial charge in [0, 0.05) is 31.6 Å². The molecule has 1 aliphatic heterocycles. The van der Waals surface area contributed by atoms with Crippen molar-refractivity contribution in [3.8, 4) is 0 Å². The molecule has 0 aromatic carbocycles. The minimum atomic E-state index is 0.218. The van der Waals surface area contributed by atoms with Gasteiger partial charge in [-0.1, -0.05) is 13.8 Å². The molecule has 1 saturated heterocycles. The van der Waals surface area contributed by atoms with Crippen LogP contribution in [0.25, 0.3) is 0 Å². The molecule has 1 aliphatic rings. The van der Waals surface area contributed by atoms with Crippen LogP contribution >= 0.6 is 0 Å². The Morgan fingerprint density at radius 3 is 2.71 bits per heavy atom. The number of nitrogens with two attached hydrogens (primary N) is 1. The fraction of sp³-hybridized carbons (Fsp3) is 0.667. The molecular formula is C15H25N5O. The minimum absolute atomic E-state index is 0.218. The summed E-state index contributed by atoms with van der Waals surface area (Å²) < 4.78 is 0. The van der Waals surface area contributed by atoms with Gasteiger partial charge in [-0.3, -0.25) is 4.79 Å². The molecular weight excluding hydrogens is 266 g/mol. The number of piperidine rings is 1. The molecule has 1 fully saturated rings. The van der Waals surface area contributed by atoms with E-state index in [1.54, 1.807) is 0 Å². The van der Waals surface area contributed by atoms with Gasteiger partial charge in [0.15, 0.2) is 0 Å². The van der Waals surface area contributed by atoms with Crippen LogP contribution in [0.5, 0.6) is 0 Å². The molecule has 116 valence electrons. The highest BCUT2D eigenvalue weighted by molar-refractivity contribution is 5.76. The summed E-state index contributed by atoms with van der Waals surface area (Å²) in [7, 11) is 0. The van der Waals surface area contributed by atoms with Crippen molar-refractivity contribution in [1.29, 1.82) is 0 Å².